The molecule has 43 heavy (non-hydrogen) atoms. The van der Waals surface area contributed by atoms with E-state index >= 15 is 0 Å². The molecule has 0 spiro atoms. The zero-order valence-corrected chi connectivity index (χ0v) is 25.3. The average molecular weight is 591 g/mol. The average Bonchev–Trinajstić information content (AvgIpc) is 2.98. The molecule has 0 bridgehead atoms. The van der Waals surface area contributed by atoms with E-state index in [2.05, 4.69) is 10.6 Å². The highest BCUT2D eigenvalue weighted by Gasteiger charge is 2.30. The number of carbonyl (C=O) groups excluding carboxylic acids is 4. The minimum atomic E-state index is -1.08. The number of amides is 2. The van der Waals surface area contributed by atoms with Gasteiger partial charge in [0, 0.05) is 25.3 Å². The van der Waals surface area contributed by atoms with Crippen LogP contribution in [0.2, 0.25) is 0 Å². The highest BCUT2D eigenvalue weighted by atomic mass is 16.6. The van der Waals surface area contributed by atoms with E-state index < -0.39 is 42.0 Å². The number of hydrogen-bond acceptors (Lipinski definition) is 7. The molecule has 230 valence electrons. The van der Waals surface area contributed by atoms with Crippen LogP contribution in [0.3, 0.4) is 0 Å². The number of hydrogen-bond donors (Lipinski definition) is 2. The fraction of sp³-hybridized carbons (Fsp3) is 0.412. The Hall–Kier alpha value is -4.40. The van der Waals surface area contributed by atoms with Gasteiger partial charge in [0.1, 0.15) is 17.9 Å². The van der Waals surface area contributed by atoms with Crippen LogP contribution in [0, 0.1) is 11.8 Å². The fourth-order valence-corrected chi connectivity index (χ4v) is 4.53. The molecule has 0 saturated heterocycles. The van der Waals surface area contributed by atoms with Crippen LogP contribution in [-0.4, -0.2) is 55.7 Å². The first-order chi connectivity index (χ1) is 20.6. The van der Waals surface area contributed by atoms with Crippen molar-refractivity contribution < 1.29 is 33.4 Å². The lowest BCUT2D eigenvalue weighted by Gasteiger charge is -2.25. The van der Waals surface area contributed by atoms with Crippen molar-refractivity contribution in [1.82, 2.24) is 10.6 Å². The highest BCUT2D eigenvalue weighted by molar-refractivity contribution is 5.93. The quantitative estimate of drug-likeness (QED) is 0.437. The van der Waals surface area contributed by atoms with Gasteiger partial charge in [0.2, 0.25) is 11.8 Å². The van der Waals surface area contributed by atoms with Crippen molar-refractivity contribution in [2.24, 2.45) is 11.8 Å². The standard InChI is InChI=1S/C34H42N2O7/c1-23(2)21-30-34(40)43-29(24(3)13-14-25-9-6-5-7-10-25)11-8-12-31(37)36-28(33(39)35-20-19-32(38)42-30)22-26-15-17-27(41-4)18-16-26/h5-10,12-18,23-24,28-30H,11,19-22H2,1-4H3,(H,35,39)(H,36,37)/b12-8+,14-13+/t24-,28+,29-,30-/m0/s1. The Labute approximate surface area is 253 Å². The third-order valence-corrected chi connectivity index (χ3v) is 6.97. The molecule has 9 heteroatoms. The van der Waals surface area contributed by atoms with Gasteiger partial charge in [-0.25, -0.2) is 4.79 Å². The van der Waals surface area contributed by atoms with E-state index in [-0.39, 0.29) is 37.6 Å². The Morgan fingerprint density at radius 3 is 2.37 bits per heavy atom. The minimum absolute atomic E-state index is 0.0180. The van der Waals surface area contributed by atoms with Crippen molar-refractivity contribution in [3.05, 3.63) is 84.0 Å². The highest BCUT2D eigenvalue weighted by Crippen LogP contribution is 2.20. The normalized spacial score (nSPS) is 22.3. The molecular weight excluding hydrogens is 548 g/mol. The Balaban J connectivity index is 1.84. The summed E-state index contributed by atoms with van der Waals surface area (Å²) < 4.78 is 16.7. The van der Waals surface area contributed by atoms with Gasteiger partial charge >= 0.3 is 11.9 Å². The topological polar surface area (TPSA) is 120 Å². The number of benzene rings is 2. The second-order valence-corrected chi connectivity index (χ2v) is 11.0. The molecule has 0 unspecified atom stereocenters. The lowest BCUT2D eigenvalue weighted by Crippen LogP contribution is -2.48. The van der Waals surface area contributed by atoms with Crippen LogP contribution in [0.4, 0.5) is 0 Å². The van der Waals surface area contributed by atoms with Gasteiger partial charge in [-0.3, -0.25) is 14.4 Å². The summed E-state index contributed by atoms with van der Waals surface area (Å²) in [7, 11) is 1.57. The Morgan fingerprint density at radius 2 is 1.70 bits per heavy atom. The molecule has 4 atom stereocenters. The number of cyclic esters (lactones) is 2. The zero-order valence-electron chi connectivity index (χ0n) is 25.3. The zero-order chi connectivity index (χ0) is 31.2. The summed E-state index contributed by atoms with van der Waals surface area (Å²) in [5, 5.41) is 5.46. The predicted octanol–water partition coefficient (Wildman–Crippen LogP) is 4.41. The SMILES string of the molecule is COc1ccc(C[C@H]2NC(=O)/C=C/C[C@@H]([C@@H](C)/C=C/c3ccccc3)OC(=O)[C@H](CC(C)C)OC(=O)CCNC2=O)cc1. The van der Waals surface area contributed by atoms with Crippen molar-refractivity contribution in [3.8, 4) is 5.75 Å². The second kappa shape index (κ2) is 16.9. The number of nitrogens with one attached hydrogen (secondary N) is 2. The third kappa shape index (κ3) is 11.4. The molecule has 9 nitrogen and oxygen atoms in total. The number of esters is 2. The lowest BCUT2D eigenvalue weighted by molar-refractivity contribution is -0.173. The van der Waals surface area contributed by atoms with E-state index in [4.69, 9.17) is 14.2 Å². The monoisotopic (exact) mass is 590 g/mol. The summed E-state index contributed by atoms with van der Waals surface area (Å²) in [6.07, 6.45) is 5.76. The van der Waals surface area contributed by atoms with Gasteiger partial charge in [-0.05, 0) is 41.7 Å². The minimum Gasteiger partial charge on any atom is -0.497 e. The first-order valence-electron chi connectivity index (χ1n) is 14.7. The van der Waals surface area contributed by atoms with Crippen molar-refractivity contribution in [3.63, 3.8) is 0 Å². The Kier molecular flexibility index (Phi) is 13.0. The van der Waals surface area contributed by atoms with E-state index in [1.165, 1.54) is 6.08 Å². The van der Waals surface area contributed by atoms with Crippen LogP contribution in [0.25, 0.3) is 6.08 Å². The predicted molar refractivity (Wildman–Crippen MR) is 164 cm³/mol. The summed E-state index contributed by atoms with van der Waals surface area (Å²) in [4.78, 5) is 51.9. The summed E-state index contributed by atoms with van der Waals surface area (Å²) in [6.45, 7) is 5.75. The van der Waals surface area contributed by atoms with Gasteiger partial charge in [-0.15, -0.1) is 0 Å². The molecule has 0 fully saturated rings. The van der Waals surface area contributed by atoms with Gasteiger partial charge in [-0.2, -0.15) is 0 Å². The smallest absolute Gasteiger partial charge is 0.347 e. The van der Waals surface area contributed by atoms with Crippen molar-refractivity contribution in [1.29, 1.82) is 0 Å². The molecule has 1 aliphatic heterocycles. The Morgan fingerprint density at radius 1 is 0.977 bits per heavy atom. The number of rotatable bonds is 8. The molecule has 0 aliphatic carbocycles. The van der Waals surface area contributed by atoms with Crippen LogP contribution < -0.4 is 15.4 Å². The van der Waals surface area contributed by atoms with Crippen LogP contribution in [0.1, 0.15) is 51.2 Å². The van der Waals surface area contributed by atoms with Crippen molar-refractivity contribution >= 4 is 29.8 Å². The molecule has 2 N–H and O–H groups in total. The van der Waals surface area contributed by atoms with Gasteiger partial charge < -0.3 is 24.8 Å². The molecule has 0 saturated carbocycles. The van der Waals surface area contributed by atoms with Gasteiger partial charge in [-0.1, -0.05) is 81.5 Å². The van der Waals surface area contributed by atoms with E-state index in [9.17, 15) is 19.2 Å². The van der Waals surface area contributed by atoms with Crippen molar-refractivity contribution in [2.45, 2.75) is 64.7 Å². The number of ether oxygens (including phenoxy) is 3. The fourth-order valence-electron chi connectivity index (χ4n) is 4.53. The molecule has 1 heterocycles. The van der Waals surface area contributed by atoms with E-state index in [1.807, 2.05) is 75.4 Å². The van der Waals surface area contributed by atoms with Crippen LogP contribution in [-0.2, 0) is 35.1 Å². The number of methoxy groups -OCH3 is 1. The van der Waals surface area contributed by atoms with Crippen LogP contribution in [0.5, 0.6) is 5.75 Å². The maximum Gasteiger partial charge on any atom is 0.347 e. The van der Waals surface area contributed by atoms with Crippen LogP contribution in [0.15, 0.2) is 72.8 Å². The van der Waals surface area contributed by atoms with E-state index in [0.717, 1.165) is 11.1 Å². The van der Waals surface area contributed by atoms with Gasteiger partial charge in [0.05, 0.1) is 13.5 Å². The molecule has 2 aromatic carbocycles. The summed E-state index contributed by atoms with van der Waals surface area (Å²) in [5.74, 6) is -1.65. The van der Waals surface area contributed by atoms with Crippen molar-refractivity contribution in [2.75, 3.05) is 13.7 Å². The van der Waals surface area contributed by atoms with Gasteiger partial charge in [0.25, 0.3) is 0 Å². The molecule has 3 rings (SSSR count). The summed E-state index contributed by atoms with van der Waals surface area (Å²) >= 11 is 0. The summed E-state index contributed by atoms with van der Waals surface area (Å²) in [6, 6.07) is 16.1. The molecule has 1 aliphatic rings. The number of carbonyl (C=O) groups is 4. The molecule has 2 amide bonds. The maximum atomic E-state index is 13.2. The molecule has 0 radical (unpaired) electrons. The van der Waals surface area contributed by atoms with E-state index in [0.29, 0.717) is 12.2 Å². The van der Waals surface area contributed by atoms with Gasteiger partial charge in [0.15, 0.2) is 6.10 Å². The first-order valence-corrected chi connectivity index (χ1v) is 14.7. The molecule has 0 aromatic heterocycles. The Bertz CT molecular complexity index is 1270. The molecular formula is C34H42N2O7. The largest absolute Gasteiger partial charge is 0.497 e. The van der Waals surface area contributed by atoms with E-state index in [1.54, 1.807) is 25.3 Å². The summed E-state index contributed by atoms with van der Waals surface area (Å²) in [5.41, 5.74) is 1.82. The lowest BCUT2D eigenvalue weighted by atomic mass is 9.99. The maximum absolute atomic E-state index is 13.2. The first kappa shape index (κ1) is 33.1. The van der Waals surface area contributed by atoms with Crippen LogP contribution >= 0.6 is 0 Å². The second-order valence-electron chi connectivity index (χ2n) is 11.0. The third-order valence-electron chi connectivity index (χ3n) is 6.97. The molecule has 2 aromatic rings.